The van der Waals surface area contributed by atoms with E-state index in [-0.39, 0.29) is 34.9 Å². The maximum atomic E-state index is 13.7. The number of nitrogens with zero attached hydrogens (tertiary/aromatic N) is 1. The van der Waals surface area contributed by atoms with E-state index in [0.717, 1.165) is 24.0 Å². The van der Waals surface area contributed by atoms with Gasteiger partial charge in [0.15, 0.2) is 5.96 Å². The van der Waals surface area contributed by atoms with Crippen molar-refractivity contribution < 1.29 is 23.6 Å². The molecule has 4 aliphatic rings. The molecule has 11 heteroatoms. The second-order valence-corrected chi connectivity index (χ2v) is 14.2. The van der Waals surface area contributed by atoms with Crippen LogP contribution in [0.15, 0.2) is 53.5 Å². The number of ether oxygens (including phenoxy) is 1. The summed E-state index contributed by atoms with van der Waals surface area (Å²) in [4.78, 5) is 30.1. The van der Waals surface area contributed by atoms with Gasteiger partial charge in [-0.25, -0.2) is 4.79 Å². The van der Waals surface area contributed by atoms with E-state index in [0.29, 0.717) is 42.5 Å². The van der Waals surface area contributed by atoms with Crippen LogP contribution in [0.1, 0.15) is 77.6 Å². The fourth-order valence-electron chi connectivity index (χ4n) is 7.16. The van der Waals surface area contributed by atoms with Crippen molar-refractivity contribution in [3.63, 3.8) is 0 Å². The molecule has 6 rings (SSSR count). The van der Waals surface area contributed by atoms with Crippen molar-refractivity contribution in [2.24, 2.45) is 33.7 Å². The smallest absolute Gasteiger partial charge is 0.444 e. The van der Waals surface area contributed by atoms with E-state index in [4.69, 9.17) is 25.5 Å². The Kier molecular flexibility index (Phi) is 8.75. The van der Waals surface area contributed by atoms with Crippen molar-refractivity contribution in [2.75, 3.05) is 11.9 Å². The summed E-state index contributed by atoms with van der Waals surface area (Å²) in [5, 5.41) is 5.98. The zero-order valence-corrected chi connectivity index (χ0v) is 26.7. The molecule has 2 amide bonds. The van der Waals surface area contributed by atoms with Crippen molar-refractivity contribution in [1.82, 2.24) is 5.32 Å². The number of benzene rings is 2. The molecule has 2 bridgehead atoms. The Bertz CT molecular complexity index is 1420. The van der Waals surface area contributed by atoms with E-state index in [2.05, 4.69) is 36.4 Å². The number of aliphatic imine (C=N–C) groups is 1. The molecule has 3 aliphatic carbocycles. The predicted molar refractivity (Wildman–Crippen MR) is 173 cm³/mol. The Morgan fingerprint density at radius 2 is 1.80 bits per heavy atom. The van der Waals surface area contributed by atoms with Gasteiger partial charge in [0.25, 0.3) is 5.91 Å². The van der Waals surface area contributed by atoms with Gasteiger partial charge in [0.1, 0.15) is 5.60 Å². The largest absolute Gasteiger partial charge is 0.481 e. The number of carbonyl (C=O) groups excluding carboxylic acids is 2. The van der Waals surface area contributed by atoms with Crippen LogP contribution in [0.25, 0.3) is 11.1 Å². The van der Waals surface area contributed by atoms with Gasteiger partial charge < -0.3 is 30.8 Å². The Morgan fingerprint density at radius 3 is 2.48 bits per heavy atom. The van der Waals surface area contributed by atoms with Crippen molar-refractivity contribution in [3.05, 3.63) is 54.1 Å². The molecule has 2 unspecified atom stereocenters. The lowest BCUT2D eigenvalue weighted by atomic mass is 9.43. The van der Waals surface area contributed by atoms with E-state index in [1.54, 1.807) is 12.1 Å². The number of guanidine groups is 1. The van der Waals surface area contributed by atoms with Gasteiger partial charge in [-0.2, -0.15) is 0 Å². The normalized spacial score (nSPS) is 25.7. The first kappa shape index (κ1) is 31.8. The van der Waals surface area contributed by atoms with Crippen LogP contribution in [0.4, 0.5) is 10.5 Å². The number of nitrogens with one attached hydrogen (secondary N) is 2. The molecule has 0 radical (unpaired) electrons. The van der Waals surface area contributed by atoms with Gasteiger partial charge in [0.05, 0.1) is 17.6 Å². The van der Waals surface area contributed by atoms with E-state index in [1.807, 2.05) is 57.2 Å². The highest BCUT2D eigenvalue weighted by atomic mass is 16.7. The molecule has 236 valence electrons. The SMILES string of the molecule is CC(C)(C)OC(=O)Nc1cccc(-c2cccc(C(=O)N[C@@H](CCCN=C(N)N)B3O[C@@H]4CC5CC(C5(C)C)[C@]4(C)O3)c2)c1. The molecule has 0 aromatic heterocycles. The number of hydrogen-bond acceptors (Lipinski definition) is 6. The Morgan fingerprint density at radius 1 is 1.09 bits per heavy atom. The van der Waals surface area contributed by atoms with E-state index >= 15 is 0 Å². The van der Waals surface area contributed by atoms with Gasteiger partial charge in [-0.05, 0) is 106 Å². The molecule has 2 aromatic carbocycles. The number of rotatable bonds is 9. The van der Waals surface area contributed by atoms with Crippen LogP contribution in [0, 0.1) is 17.3 Å². The topological polar surface area (TPSA) is 150 Å². The zero-order valence-electron chi connectivity index (χ0n) is 26.7. The summed E-state index contributed by atoms with van der Waals surface area (Å²) in [6.45, 7) is 12.7. The summed E-state index contributed by atoms with van der Waals surface area (Å²) in [6, 6.07) is 14.8. The Hall–Kier alpha value is -3.57. The maximum Gasteiger partial charge on any atom is 0.481 e. The van der Waals surface area contributed by atoms with Crippen LogP contribution in [0.3, 0.4) is 0 Å². The van der Waals surface area contributed by atoms with E-state index < -0.39 is 18.8 Å². The van der Waals surface area contributed by atoms with Gasteiger partial charge in [0.2, 0.25) is 0 Å². The molecule has 3 saturated carbocycles. The molecule has 4 fully saturated rings. The number of amides is 2. The maximum absolute atomic E-state index is 13.7. The average Bonchev–Trinajstić information content (AvgIpc) is 3.30. The van der Waals surface area contributed by atoms with E-state index in [9.17, 15) is 9.59 Å². The lowest BCUT2D eigenvalue weighted by Crippen LogP contribution is -2.65. The van der Waals surface area contributed by atoms with Gasteiger partial charge in [0, 0.05) is 17.8 Å². The Balaban J connectivity index is 1.31. The van der Waals surface area contributed by atoms with Gasteiger partial charge in [-0.1, -0.05) is 38.1 Å². The predicted octanol–water partition coefficient (Wildman–Crippen LogP) is 5.12. The summed E-state index contributed by atoms with van der Waals surface area (Å²) >= 11 is 0. The van der Waals surface area contributed by atoms with Gasteiger partial charge >= 0.3 is 13.2 Å². The molecule has 1 heterocycles. The first-order valence-electron chi connectivity index (χ1n) is 15.6. The molecule has 10 nitrogen and oxygen atoms in total. The highest BCUT2D eigenvalue weighted by molar-refractivity contribution is 6.48. The summed E-state index contributed by atoms with van der Waals surface area (Å²) in [5.41, 5.74) is 13.1. The minimum atomic E-state index is -0.604. The summed E-state index contributed by atoms with van der Waals surface area (Å²) in [5.74, 6) is 0.479. The molecule has 0 spiro atoms. The third-order valence-corrected chi connectivity index (χ3v) is 9.55. The number of carbonyl (C=O) groups is 2. The minimum Gasteiger partial charge on any atom is -0.444 e. The second kappa shape index (κ2) is 12.1. The number of hydrogen-bond donors (Lipinski definition) is 4. The summed E-state index contributed by atoms with van der Waals surface area (Å²) in [6.07, 6.45) is 2.84. The third kappa shape index (κ3) is 6.73. The molecule has 44 heavy (non-hydrogen) atoms. The molecular weight excluding hydrogens is 557 g/mol. The molecule has 5 atom stereocenters. The standard InChI is InChI=1S/C33H46BN5O5/c1-31(2,3)42-30(41)38-24-13-8-11-21(17-24)20-10-7-12-22(16-20)28(40)39-27(14-9-15-37-29(35)36)34-43-26-19-23-18-25(32(23,4)5)33(26,6)44-34/h7-8,10-13,16-17,23,25-27H,9,14-15,18-19H2,1-6H3,(H,38,41)(H,39,40)(H4,35,36,37)/t23?,25?,26-,27+,33+/m1/s1. The first-order chi connectivity index (χ1) is 20.7. The van der Waals surface area contributed by atoms with Crippen LogP contribution >= 0.6 is 0 Å². The van der Waals surface area contributed by atoms with Crippen LogP contribution in [-0.2, 0) is 14.0 Å². The lowest BCUT2D eigenvalue weighted by molar-refractivity contribution is -0.199. The highest BCUT2D eigenvalue weighted by Gasteiger charge is 2.68. The van der Waals surface area contributed by atoms with E-state index in [1.165, 1.54) is 0 Å². The minimum absolute atomic E-state index is 0.00581. The van der Waals surface area contributed by atoms with Crippen LogP contribution in [0.2, 0.25) is 0 Å². The molecule has 6 N–H and O–H groups in total. The average molecular weight is 604 g/mol. The monoisotopic (exact) mass is 603 g/mol. The highest BCUT2D eigenvalue weighted by Crippen LogP contribution is 2.65. The first-order valence-corrected chi connectivity index (χ1v) is 15.6. The van der Waals surface area contributed by atoms with Gasteiger partial charge in [-0.15, -0.1) is 0 Å². The lowest BCUT2D eigenvalue weighted by Gasteiger charge is -2.64. The van der Waals surface area contributed by atoms with Crippen molar-refractivity contribution >= 4 is 30.8 Å². The fourth-order valence-corrected chi connectivity index (χ4v) is 7.16. The quantitative estimate of drug-likeness (QED) is 0.134. The molecule has 1 aliphatic heterocycles. The zero-order chi connectivity index (χ0) is 31.9. The number of nitrogens with two attached hydrogens (primary N) is 2. The van der Waals surface area contributed by atoms with Gasteiger partial charge in [-0.3, -0.25) is 15.1 Å². The summed E-state index contributed by atoms with van der Waals surface area (Å²) in [7, 11) is -0.568. The van der Waals surface area contributed by atoms with Crippen LogP contribution in [0.5, 0.6) is 0 Å². The second-order valence-electron chi connectivity index (χ2n) is 14.2. The molecule has 2 aromatic rings. The van der Waals surface area contributed by atoms with Crippen molar-refractivity contribution in [1.29, 1.82) is 0 Å². The molecular formula is C33H46BN5O5. The van der Waals surface area contributed by atoms with Crippen LogP contribution < -0.4 is 22.1 Å². The van der Waals surface area contributed by atoms with Crippen molar-refractivity contribution in [3.8, 4) is 11.1 Å². The number of anilines is 1. The Labute approximate surface area is 260 Å². The fraction of sp³-hybridized carbons (Fsp3) is 0.545. The third-order valence-electron chi connectivity index (χ3n) is 9.55. The molecule has 1 saturated heterocycles. The van der Waals surface area contributed by atoms with Crippen LogP contribution in [-0.4, -0.2) is 54.9 Å². The summed E-state index contributed by atoms with van der Waals surface area (Å²) < 4.78 is 18.6. The van der Waals surface area contributed by atoms with Crippen molar-refractivity contribution in [2.45, 2.75) is 90.5 Å².